The Morgan fingerprint density at radius 3 is 2.82 bits per heavy atom. The second-order valence-electron chi connectivity index (χ2n) is 5.33. The predicted octanol–water partition coefficient (Wildman–Crippen LogP) is 2.34. The van der Waals surface area contributed by atoms with Gasteiger partial charge in [0.05, 0.1) is 26.5 Å². The third-order valence-corrected chi connectivity index (χ3v) is 3.37. The minimum atomic E-state index is -0.0240. The van der Waals surface area contributed by atoms with Crippen LogP contribution in [0.25, 0.3) is 0 Å². The second kappa shape index (κ2) is 7.66. The molecule has 5 nitrogen and oxygen atoms in total. The molecule has 1 aromatic carbocycles. The van der Waals surface area contributed by atoms with E-state index >= 15 is 0 Å². The zero-order valence-electron chi connectivity index (χ0n) is 13.3. The fourth-order valence-corrected chi connectivity index (χ4v) is 2.31. The summed E-state index contributed by atoms with van der Waals surface area (Å²) in [6.07, 6.45) is 1.60. The standard InChI is InChI=1S/C17H22N2O3/c1-13-9-14(6-7-16(13)21-3)11-19(2)12-17(20)18-10-15-5-4-8-22-15/h4-9H,10-12H2,1-3H3,(H,18,20). The van der Waals surface area contributed by atoms with E-state index in [9.17, 15) is 4.79 Å². The van der Waals surface area contributed by atoms with Gasteiger partial charge in [-0.3, -0.25) is 9.69 Å². The summed E-state index contributed by atoms with van der Waals surface area (Å²) in [5.74, 6) is 1.61. The van der Waals surface area contributed by atoms with Gasteiger partial charge in [-0.25, -0.2) is 0 Å². The number of carbonyl (C=O) groups excluding carboxylic acids is 1. The van der Waals surface area contributed by atoms with Crippen LogP contribution >= 0.6 is 0 Å². The Labute approximate surface area is 130 Å². The molecule has 0 aliphatic carbocycles. The van der Waals surface area contributed by atoms with Gasteiger partial charge < -0.3 is 14.5 Å². The highest BCUT2D eigenvalue weighted by Crippen LogP contribution is 2.19. The normalized spacial score (nSPS) is 10.7. The van der Waals surface area contributed by atoms with Crippen LogP contribution in [-0.2, 0) is 17.9 Å². The molecule has 1 aromatic heterocycles. The van der Waals surface area contributed by atoms with Crippen molar-refractivity contribution in [3.63, 3.8) is 0 Å². The van der Waals surface area contributed by atoms with Crippen molar-refractivity contribution < 1.29 is 13.9 Å². The van der Waals surface area contributed by atoms with E-state index in [1.54, 1.807) is 19.4 Å². The lowest BCUT2D eigenvalue weighted by Crippen LogP contribution is -2.34. The van der Waals surface area contributed by atoms with Crippen molar-refractivity contribution in [2.75, 3.05) is 20.7 Å². The summed E-state index contributed by atoms with van der Waals surface area (Å²) >= 11 is 0. The number of carbonyl (C=O) groups is 1. The van der Waals surface area contributed by atoms with Crippen molar-refractivity contribution in [3.8, 4) is 5.75 Å². The van der Waals surface area contributed by atoms with Crippen LogP contribution in [0, 0.1) is 6.92 Å². The fraction of sp³-hybridized carbons (Fsp3) is 0.353. The summed E-state index contributed by atoms with van der Waals surface area (Å²) in [5, 5.41) is 2.84. The number of furan rings is 1. The average Bonchev–Trinajstić information content (AvgIpc) is 2.98. The van der Waals surface area contributed by atoms with E-state index < -0.39 is 0 Å². The summed E-state index contributed by atoms with van der Waals surface area (Å²) in [4.78, 5) is 13.9. The molecule has 1 heterocycles. The predicted molar refractivity (Wildman–Crippen MR) is 84.6 cm³/mol. The fourth-order valence-electron chi connectivity index (χ4n) is 2.31. The van der Waals surface area contributed by atoms with Crippen LogP contribution in [0.5, 0.6) is 5.75 Å². The number of nitrogens with one attached hydrogen (secondary N) is 1. The largest absolute Gasteiger partial charge is 0.496 e. The highest BCUT2D eigenvalue weighted by Gasteiger charge is 2.08. The smallest absolute Gasteiger partial charge is 0.234 e. The molecule has 1 amide bonds. The van der Waals surface area contributed by atoms with Gasteiger partial charge in [-0.05, 0) is 43.3 Å². The molecule has 1 N–H and O–H groups in total. The SMILES string of the molecule is COc1ccc(CN(C)CC(=O)NCc2ccco2)cc1C. The number of nitrogens with zero attached hydrogens (tertiary/aromatic N) is 1. The van der Waals surface area contributed by atoms with Crippen LogP contribution in [0.15, 0.2) is 41.0 Å². The van der Waals surface area contributed by atoms with Crippen LogP contribution < -0.4 is 10.1 Å². The lowest BCUT2D eigenvalue weighted by atomic mass is 10.1. The first kappa shape index (κ1) is 16.1. The average molecular weight is 302 g/mol. The molecular weight excluding hydrogens is 280 g/mol. The monoisotopic (exact) mass is 302 g/mol. The second-order valence-corrected chi connectivity index (χ2v) is 5.33. The number of methoxy groups -OCH3 is 1. The maximum Gasteiger partial charge on any atom is 0.234 e. The highest BCUT2D eigenvalue weighted by atomic mass is 16.5. The lowest BCUT2D eigenvalue weighted by Gasteiger charge is -2.17. The van der Waals surface area contributed by atoms with Crippen molar-refractivity contribution in [3.05, 3.63) is 53.5 Å². The molecule has 118 valence electrons. The van der Waals surface area contributed by atoms with E-state index in [-0.39, 0.29) is 5.91 Å². The summed E-state index contributed by atoms with van der Waals surface area (Å²) in [7, 11) is 3.59. The van der Waals surface area contributed by atoms with E-state index in [0.717, 1.165) is 22.6 Å². The summed E-state index contributed by atoms with van der Waals surface area (Å²) in [5.41, 5.74) is 2.25. The Balaban J connectivity index is 1.80. The molecule has 0 bridgehead atoms. The number of rotatable bonds is 7. The Hall–Kier alpha value is -2.27. The summed E-state index contributed by atoms with van der Waals surface area (Å²) in [6.45, 7) is 3.48. The minimum Gasteiger partial charge on any atom is -0.496 e. The molecule has 0 radical (unpaired) electrons. The molecule has 5 heteroatoms. The van der Waals surface area contributed by atoms with E-state index in [1.165, 1.54) is 0 Å². The topological polar surface area (TPSA) is 54.7 Å². The zero-order chi connectivity index (χ0) is 15.9. The molecule has 0 spiro atoms. The number of aryl methyl sites for hydroxylation is 1. The van der Waals surface area contributed by atoms with E-state index in [0.29, 0.717) is 19.6 Å². The van der Waals surface area contributed by atoms with Crippen molar-refractivity contribution in [1.29, 1.82) is 0 Å². The van der Waals surface area contributed by atoms with Gasteiger partial charge in [-0.1, -0.05) is 12.1 Å². The van der Waals surface area contributed by atoms with Crippen molar-refractivity contribution >= 4 is 5.91 Å². The molecule has 0 aliphatic rings. The molecule has 2 aromatic rings. The Morgan fingerprint density at radius 2 is 2.18 bits per heavy atom. The van der Waals surface area contributed by atoms with Gasteiger partial charge >= 0.3 is 0 Å². The third kappa shape index (κ3) is 4.63. The van der Waals surface area contributed by atoms with Gasteiger partial charge in [0, 0.05) is 6.54 Å². The molecule has 0 fully saturated rings. The summed E-state index contributed by atoms with van der Waals surface area (Å²) < 4.78 is 10.4. The van der Waals surface area contributed by atoms with Crippen LogP contribution in [0.3, 0.4) is 0 Å². The number of amides is 1. The Bertz CT molecular complexity index is 608. The molecule has 0 aliphatic heterocycles. The van der Waals surface area contributed by atoms with E-state index in [1.807, 2.05) is 37.1 Å². The van der Waals surface area contributed by atoms with Crippen molar-refractivity contribution in [1.82, 2.24) is 10.2 Å². The van der Waals surface area contributed by atoms with Crippen molar-refractivity contribution in [2.45, 2.75) is 20.0 Å². The number of hydrogen-bond acceptors (Lipinski definition) is 4. The maximum absolute atomic E-state index is 11.9. The van der Waals surface area contributed by atoms with E-state index in [2.05, 4.69) is 11.4 Å². The molecule has 0 atom stereocenters. The van der Waals surface area contributed by atoms with Gasteiger partial charge in [-0.15, -0.1) is 0 Å². The van der Waals surface area contributed by atoms with Gasteiger partial charge in [0.15, 0.2) is 0 Å². The Morgan fingerprint density at radius 1 is 1.36 bits per heavy atom. The van der Waals surface area contributed by atoms with Gasteiger partial charge in [-0.2, -0.15) is 0 Å². The first-order valence-electron chi connectivity index (χ1n) is 7.19. The first-order valence-corrected chi connectivity index (χ1v) is 7.19. The summed E-state index contributed by atoms with van der Waals surface area (Å²) in [6, 6.07) is 9.69. The van der Waals surface area contributed by atoms with E-state index in [4.69, 9.17) is 9.15 Å². The van der Waals surface area contributed by atoms with Crippen LogP contribution in [0.4, 0.5) is 0 Å². The maximum atomic E-state index is 11.9. The minimum absolute atomic E-state index is 0.0240. The van der Waals surface area contributed by atoms with Crippen LogP contribution in [-0.4, -0.2) is 31.5 Å². The highest BCUT2D eigenvalue weighted by molar-refractivity contribution is 5.77. The van der Waals surface area contributed by atoms with Gasteiger partial charge in [0.25, 0.3) is 0 Å². The van der Waals surface area contributed by atoms with Gasteiger partial charge in [0.1, 0.15) is 11.5 Å². The van der Waals surface area contributed by atoms with Crippen LogP contribution in [0.1, 0.15) is 16.9 Å². The molecule has 0 saturated carbocycles. The number of benzene rings is 1. The van der Waals surface area contributed by atoms with Crippen LogP contribution in [0.2, 0.25) is 0 Å². The zero-order valence-corrected chi connectivity index (χ0v) is 13.3. The lowest BCUT2D eigenvalue weighted by molar-refractivity contribution is -0.122. The third-order valence-electron chi connectivity index (χ3n) is 3.37. The molecule has 22 heavy (non-hydrogen) atoms. The number of ether oxygens (including phenoxy) is 1. The molecular formula is C17H22N2O3. The molecule has 0 unspecified atom stereocenters. The Kier molecular flexibility index (Phi) is 5.61. The van der Waals surface area contributed by atoms with Gasteiger partial charge in [0.2, 0.25) is 5.91 Å². The van der Waals surface area contributed by atoms with Crippen molar-refractivity contribution in [2.24, 2.45) is 0 Å². The number of hydrogen-bond donors (Lipinski definition) is 1. The quantitative estimate of drug-likeness (QED) is 0.853. The molecule has 0 saturated heterocycles. The molecule has 2 rings (SSSR count). The first-order chi connectivity index (χ1) is 10.6. The number of likely N-dealkylation sites (N-methyl/N-ethyl adjacent to an activating group) is 1.